The summed E-state index contributed by atoms with van der Waals surface area (Å²) >= 11 is 0. The molecule has 0 aromatic heterocycles. The lowest BCUT2D eigenvalue weighted by Gasteiger charge is -2.15. The van der Waals surface area contributed by atoms with Gasteiger partial charge in [-0.2, -0.15) is 0 Å². The molecule has 6 heteroatoms. The van der Waals surface area contributed by atoms with E-state index in [0.717, 1.165) is 22.3 Å². The Hall–Kier alpha value is -2.83. The van der Waals surface area contributed by atoms with Crippen LogP contribution in [-0.4, -0.2) is 15.2 Å². The maximum absolute atomic E-state index is 11.6. The van der Waals surface area contributed by atoms with Crippen LogP contribution in [-0.2, 0) is 10.0 Å². The fourth-order valence-corrected chi connectivity index (χ4v) is 3.95. The van der Waals surface area contributed by atoms with Crippen molar-refractivity contribution < 1.29 is 17.9 Å². The monoisotopic (exact) mass is 395 g/mol. The fraction of sp³-hybridized carbons (Fsp3) is 0.182. The molecule has 0 aliphatic carbocycles. The lowest BCUT2D eigenvalue weighted by Crippen LogP contribution is -2.11. The van der Waals surface area contributed by atoms with Crippen LogP contribution in [0, 0.1) is 20.8 Å². The van der Waals surface area contributed by atoms with Crippen LogP contribution >= 0.6 is 0 Å². The first-order valence-electron chi connectivity index (χ1n) is 8.89. The molecule has 0 bridgehead atoms. The number of aryl methyl sites for hydroxylation is 2. The van der Waals surface area contributed by atoms with E-state index < -0.39 is 10.0 Å². The molecule has 144 valence electrons. The van der Waals surface area contributed by atoms with Crippen molar-refractivity contribution in [1.29, 1.82) is 0 Å². The Kier molecular flexibility index (Phi) is 4.40. The van der Waals surface area contributed by atoms with Gasteiger partial charge in [-0.3, -0.25) is 0 Å². The summed E-state index contributed by atoms with van der Waals surface area (Å²) in [6.07, 6.45) is 0. The topological polar surface area (TPSA) is 78.6 Å². The predicted molar refractivity (Wildman–Crippen MR) is 109 cm³/mol. The highest BCUT2D eigenvalue weighted by atomic mass is 32.2. The van der Waals surface area contributed by atoms with E-state index in [0.29, 0.717) is 11.5 Å². The van der Waals surface area contributed by atoms with Crippen LogP contribution < -0.4 is 14.6 Å². The lowest BCUT2D eigenvalue weighted by molar-refractivity contribution is 0.174. The molecular formula is C22H21NO4S. The molecule has 2 N–H and O–H groups in total. The van der Waals surface area contributed by atoms with Gasteiger partial charge in [0.05, 0.1) is 4.90 Å². The van der Waals surface area contributed by atoms with Gasteiger partial charge in [-0.1, -0.05) is 24.3 Å². The van der Waals surface area contributed by atoms with Gasteiger partial charge in [-0.05, 0) is 84.0 Å². The number of sulfonamides is 1. The van der Waals surface area contributed by atoms with E-state index in [1.807, 2.05) is 12.1 Å². The minimum Gasteiger partial charge on any atom is -0.454 e. The number of nitrogens with two attached hydrogens (primary N) is 1. The molecule has 0 spiro atoms. The summed E-state index contributed by atoms with van der Waals surface area (Å²) in [5, 5.41) is 5.22. The highest BCUT2D eigenvalue weighted by Crippen LogP contribution is 2.43. The van der Waals surface area contributed by atoms with Crippen molar-refractivity contribution >= 4 is 10.0 Å². The van der Waals surface area contributed by atoms with E-state index in [-0.39, 0.29) is 11.7 Å². The number of hydrogen-bond acceptors (Lipinski definition) is 4. The molecule has 0 saturated heterocycles. The summed E-state index contributed by atoms with van der Waals surface area (Å²) in [4.78, 5) is 0.0839. The van der Waals surface area contributed by atoms with Gasteiger partial charge in [-0.15, -0.1) is 0 Å². The summed E-state index contributed by atoms with van der Waals surface area (Å²) in [6.45, 7) is 6.49. The van der Waals surface area contributed by atoms with Gasteiger partial charge in [0, 0.05) is 0 Å². The second-order valence-corrected chi connectivity index (χ2v) is 8.62. The minimum absolute atomic E-state index is 0.0839. The maximum Gasteiger partial charge on any atom is 0.238 e. The Bertz CT molecular complexity index is 1160. The van der Waals surface area contributed by atoms with Gasteiger partial charge in [0.15, 0.2) is 11.5 Å². The molecule has 0 amide bonds. The van der Waals surface area contributed by atoms with E-state index in [1.54, 1.807) is 12.1 Å². The number of benzene rings is 3. The van der Waals surface area contributed by atoms with Crippen molar-refractivity contribution in [2.24, 2.45) is 5.14 Å². The molecule has 1 aliphatic rings. The summed E-state index contributed by atoms with van der Waals surface area (Å²) in [5.41, 5.74) is 7.57. The smallest absolute Gasteiger partial charge is 0.238 e. The average Bonchev–Trinajstić information content (AvgIpc) is 3.11. The molecule has 5 nitrogen and oxygen atoms in total. The molecule has 0 radical (unpaired) electrons. The standard InChI is InChI=1S/C22H21NO4S/c1-13-8-17(9-14(2)15(13)3)20-11-22-21(26-12-27-22)10-19(20)16-4-6-18(7-5-16)28(23,24)25/h4-11H,12H2,1-3H3,(H2,23,24,25). The largest absolute Gasteiger partial charge is 0.454 e. The number of primary sulfonamides is 1. The van der Waals surface area contributed by atoms with Crippen LogP contribution in [0.4, 0.5) is 0 Å². The van der Waals surface area contributed by atoms with Gasteiger partial charge in [0.1, 0.15) is 0 Å². The summed E-state index contributed by atoms with van der Waals surface area (Å²) in [5.74, 6) is 1.38. The quantitative estimate of drug-likeness (QED) is 0.716. The van der Waals surface area contributed by atoms with Gasteiger partial charge in [0.25, 0.3) is 0 Å². The normalized spacial score (nSPS) is 13.0. The molecule has 4 rings (SSSR count). The Labute approximate surface area is 164 Å². The molecule has 1 heterocycles. The van der Waals surface area contributed by atoms with Gasteiger partial charge < -0.3 is 9.47 Å². The Morgan fingerprint density at radius 3 is 1.79 bits per heavy atom. The Balaban J connectivity index is 1.92. The van der Waals surface area contributed by atoms with Crippen LogP contribution in [0.15, 0.2) is 53.4 Å². The fourth-order valence-electron chi connectivity index (χ4n) is 3.44. The van der Waals surface area contributed by atoms with Crippen molar-refractivity contribution in [2.45, 2.75) is 25.7 Å². The van der Waals surface area contributed by atoms with Gasteiger partial charge in [0.2, 0.25) is 16.8 Å². The minimum atomic E-state index is -3.73. The Morgan fingerprint density at radius 2 is 1.29 bits per heavy atom. The number of fused-ring (bicyclic) bond motifs is 1. The van der Waals surface area contributed by atoms with E-state index in [1.165, 1.54) is 28.8 Å². The first kappa shape index (κ1) is 18.5. The number of ether oxygens (including phenoxy) is 2. The first-order chi connectivity index (χ1) is 13.2. The highest BCUT2D eigenvalue weighted by molar-refractivity contribution is 7.89. The molecule has 0 saturated carbocycles. The third-order valence-electron chi connectivity index (χ3n) is 5.24. The molecule has 3 aromatic carbocycles. The van der Waals surface area contributed by atoms with Crippen molar-refractivity contribution in [1.82, 2.24) is 0 Å². The zero-order chi connectivity index (χ0) is 20.1. The van der Waals surface area contributed by atoms with Crippen LogP contribution in [0.2, 0.25) is 0 Å². The SMILES string of the molecule is Cc1cc(-c2cc3c(cc2-c2ccc(S(N)(=O)=O)cc2)OCO3)cc(C)c1C. The predicted octanol–water partition coefficient (Wildman–Crippen LogP) is 4.32. The molecular weight excluding hydrogens is 374 g/mol. The van der Waals surface area contributed by atoms with Crippen LogP contribution in [0.5, 0.6) is 11.5 Å². The number of hydrogen-bond donors (Lipinski definition) is 1. The summed E-state index contributed by atoms with van der Waals surface area (Å²) < 4.78 is 34.3. The molecule has 1 aliphatic heterocycles. The zero-order valence-corrected chi connectivity index (χ0v) is 16.8. The second kappa shape index (κ2) is 6.65. The Morgan fingerprint density at radius 1 is 0.786 bits per heavy atom. The molecule has 3 aromatic rings. The van der Waals surface area contributed by atoms with E-state index in [2.05, 4.69) is 32.9 Å². The first-order valence-corrected chi connectivity index (χ1v) is 10.4. The van der Waals surface area contributed by atoms with Crippen LogP contribution in [0.1, 0.15) is 16.7 Å². The molecule has 0 fully saturated rings. The maximum atomic E-state index is 11.6. The average molecular weight is 395 g/mol. The van der Waals surface area contributed by atoms with Crippen molar-refractivity contribution in [2.75, 3.05) is 6.79 Å². The van der Waals surface area contributed by atoms with Crippen molar-refractivity contribution in [3.63, 3.8) is 0 Å². The van der Waals surface area contributed by atoms with Crippen molar-refractivity contribution in [3.05, 3.63) is 65.2 Å². The van der Waals surface area contributed by atoms with E-state index in [9.17, 15) is 8.42 Å². The molecule has 0 unspecified atom stereocenters. The van der Waals surface area contributed by atoms with Crippen LogP contribution in [0.3, 0.4) is 0 Å². The molecule has 28 heavy (non-hydrogen) atoms. The number of rotatable bonds is 3. The summed E-state index contributed by atoms with van der Waals surface area (Å²) in [6, 6.07) is 14.8. The lowest BCUT2D eigenvalue weighted by atomic mass is 9.90. The van der Waals surface area contributed by atoms with E-state index >= 15 is 0 Å². The van der Waals surface area contributed by atoms with Crippen molar-refractivity contribution in [3.8, 4) is 33.8 Å². The van der Waals surface area contributed by atoms with Gasteiger partial charge in [-0.25, -0.2) is 13.6 Å². The van der Waals surface area contributed by atoms with E-state index in [4.69, 9.17) is 14.6 Å². The van der Waals surface area contributed by atoms with Crippen LogP contribution in [0.25, 0.3) is 22.3 Å². The second-order valence-electron chi connectivity index (χ2n) is 7.06. The zero-order valence-electron chi connectivity index (χ0n) is 15.9. The van der Waals surface area contributed by atoms with Gasteiger partial charge >= 0.3 is 0 Å². The summed E-state index contributed by atoms with van der Waals surface area (Å²) in [7, 11) is -3.73. The highest BCUT2D eigenvalue weighted by Gasteiger charge is 2.20. The molecule has 0 atom stereocenters. The third-order valence-corrected chi connectivity index (χ3v) is 6.17. The third kappa shape index (κ3) is 3.25.